The van der Waals surface area contributed by atoms with Crippen LogP contribution in [0.5, 0.6) is 0 Å². The Balaban J connectivity index is 0.921. The second kappa shape index (κ2) is 27.2. The van der Waals surface area contributed by atoms with Gasteiger partial charge in [0.25, 0.3) is 0 Å². The number of methoxy groups -OCH3 is 1. The molecule has 0 bridgehead atoms. The number of carbonyl (C=O) groups excluding carboxylic acids is 2. The largest absolute Gasteiger partial charge is 0.458 e. The molecule has 12 N–H and O–H groups in total. The van der Waals surface area contributed by atoms with E-state index in [4.69, 9.17) is 61.0 Å². The second-order valence-electron chi connectivity index (χ2n) is 28.2. The predicted octanol–water partition coefficient (Wildman–Crippen LogP) is -2.09. The number of hydrogen-bond acceptors (Lipinski definition) is 30. The number of carbonyl (C=O) groups is 2. The summed E-state index contributed by atoms with van der Waals surface area (Å²) < 4.78 is 149. The first-order valence-electron chi connectivity index (χ1n) is 31.5. The maximum absolute atomic E-state index is 14.5. The fraction of sp³-hybridized carbons (Fsp3) is 0.898. The molecule has 1 spiro atoms. The molecule has 3 saturated carbocycles. The van der Waals surface area contributed by atoms with E-state index in [1.807, 2.05) is 34.6 Å². The number of rotatable bonds is 21. The van der Waals surface area contributed by atoms with Gasteiger partial charge in [-0.2, -0.15) is 16.8 Å². The highest BCUT2D eigenvalue weighted by Crippen LogP contribution is 2.75. The first-order valence-corrected chi connectivity index (χ1v) is 34.2. The van der Waals surface area contributed by atoms with E-state index in [1.165, 1.54) is 6.92 Å². The van der Waals surface area contributed by atoms with Crippen molar-refractivity contribution in [2.24, 2.45) is 39.4 Å². The standard InChI is InChI=1S/C59H92O32S2/c1-24(2)11-10-16-58(8)48-28(61)19-57(7)27-12-13-33-55(4,5)34(15-17-56(33,6)26(27)14-18-59(48,57)54(71)90-58)85-52-46(38(66)32(22-80-52)91-93(75,76)77)89-53-47(88-49-39(67)35(63)29(62)21-79-49)40(68)43(25(3)82-53)86-51-42(70)45(37(65)31(84-51)23-81-92(72,73)74)87-50-41(69)44(78-9)36(64)30(20-60)83-50/h12,25-26,29-53,60,62-70H,1,10-11,13-23H2,2-9H3,(H,72,73,74)(H,75,76,77). The van der Waals surface area contributed by atoms with Crippen molar-refractivity contribution in [3.05, 3.63) is 23.8 Å². The molecule has 93 heavy (non-hydrogen) atoms. The smallest absolute Gasteiger partial charge is 0.397 e. The lowest BCUT2D eigenvalue weighted by molar-refractivity contribution is -0.403. The highest BCUT2D eigenvalue weighted by atomic mass is 32.3. The van der Waals surface area contributed by atoms with Crippen molar-refractivity contribution >= 4 is 32.6 Å². The zero-order valence-electron chi connectivity index (χ0n) is 52.9. The fourth-order valence-corrected chi connectivity index (χ4v) is 18.2. The van der Waals surface area contributed by atoms with E-state index in [2.05, 4.69) is 23.8 Å². The topological polar surface area (TPSA) is 474 Å². The number of fused-ring (bicyclic) bond motifs is 4. The van der Waals surface area contributed by atoms with Gasteiger partial charge >= 0.3 is 26.8 Å². The van der Waals surface area contributed by atoms with Gasteiger partial charge in [0.15, 0.2) is 31.5 Å². The summed E-state index contributed by atoms with van der Waals surface area (Å²) in [5.74, 6) is -1.10. The van der Waals surface area contributed by atoms with Gasteiger partial charge in [0.2, 0.25) is 0 Å². The molecule has 4 aliphatic carbocycles. The number of aliphatic hydroxyl groups is 10. The molecule has 34 heteroatoms. The van der Waals surface area contributed by atoms with Crippen LogP contribution in [0.1, 0.15) is 106 Å². The maximum Gasteiger partial charge on any atom is 0.397 e. The van der Waals surface area contributed by atoms with E-state index in [1.54, 1.807) is 0 Å². The number of aliphatic hydroxyl groups excluding tert-OH is 10. The predicted molar refractivity (Wildman–Crippen MR) is 308 cm³/mol. The SMILES string of the molecule is C=C(C)CCCC1(C)OC(=O)C23CCC4C(=CCC5C(C)(C)C(OC6OCC(OS(=O)(=O)O)C(O)C6OC6OC(C)C(OC7OC(COS(=O)(=O)O)C(O)C(OC8OC(CO)C(O)C(OC)C8O)C7O)C(O)C6OC6OCC(O)C(O)C6O)CCC45C)C2(C)CC(=O)C13. The highest BCUT2D eigenvalue weighted by Gasteiger charge is 2.79. The average Bonchev–Trinajstić information content (AvgIpc) is 1.52. The summed E-state index contributed by atoms with van der Waals surface area (Å²) in [5.41, 5.74) is -1.91. The molecule has 10 aliphatic rings. The van der Waals surface area contributed by atoms with Crippen LogP contribution in [0.15, 0.2) is 23.8 Å². The normalized spacial score (nSPS) is 49.2. The molecule has 0 aromatic carbocycles. The van der Waals surface area contributed by atoms with Gasteiger partial charge in [0.1, 0.15) is 115 Å². The Morgan fingerprint density at radius 3 is 1.94 bits per heavy atom. The number of hydrogen-bond donors (Lipinski definition) is 12. The lowest BCUT2D eigenvalue weighted by atomic mass is 9.41. The van der Waals surface area contributed by atoms with E-state index >= 15 is 0 Å². The molecule has 0 aromatic heterocycles. The summed E-state index contributed by atoms with van der Waals surface area (Å²) in [7, 11) is -9.46. The van der Waals surface area contributed by atoms with Gasteiger partial charge in [-0.05, 0) is 94.8 Å². The van der Waals surface area contributed by atoms with Crippen LogP contribution in [-0.2, 0) is 95.6 Å². The molecule has 0 amide bonds. The molecule has 31 unspecified atom stereocenters. The molecular formula is C59H92O32S2. The maximum atomic E-state index is 14.5. The van der Waals surface area contributed by atoms with Crippen molar-refractivity contribution in [2.75, 3.05) is 33.5 Å². The van der Waals surface area contributed by atoms with E-state index in [0.29, 0.717) is 44.9 Å². The van der Waals surface area contributed by atoms with Crippen LogP contribution in [0.4, 0.5) is 0 Å². The van der Waals surface area contributed by atoms with Gasteiger partial charge in [0, 0.05) is 18.9 Å². The van der Waals surface area contributed by atoms with Crippen LogP contribution in [0.3, 0.4) is 0 Å². The number of ketones is 1. The third kappa shape index (κ3) is 13.5. The van der Waals surface area contributed by atoms with Crippen LogP contribution in [0.25, 0.3) is 0 Å². The third-order valence-corrected chi connectivity index (χ3v) is 23.0. The lowest BCUT2D eigenvalue weighted by Crippen LogP contribution is -2.68. The van der Waals surface area contributed by atoms with Crippen molar-refractivity contribution in [1.29, 1.82) is 0 Å². The van der Waals surface area contributed by atoms with Crippen LogP contribution >= 0.6 is 0 Å². The summed E-state index contributed by atoms with van der Waals surface area (Å²) in [6.45, 7) is 14.1. The van der Waals surface area contributed by atoms with Gasteiger partial charge in [0.05, 0.1) is 50.0 Å². The van der Waals surface area contributed by atoms with E-state index in [0.717, 1.165) is 24.7 Å². The minimum atomic E-state index is -5.32. The molecule has 31 atom stereocenters. The molecule has 0 aromatic rings. The molecule has 532 valence electrons. The Morgan fingerprint density at radius 2 is 1.29 bits per heavy atom. The van der Waals surface area contributed by atoms with Crippen molar-refractivity contribution in [3.63, 3.8) is 0 Å². The average molecular weight is 1380 g/mol. The van der Waals surface area contributed by atoms with Crippen molar-refractivity contribution in [2.45, 2.75) is 259 Å². The van der Waals surface area contributed by atoms with Crippen LogP contribution in [0.2, 0.25) is 0 Å². The van der Waals surface area contributed by atoms with Gasteiger partial charge in [-0.25, -0.2) is 8.37 Å². The van der Waals surface area contributed by atoms with Crippen molar-refractivity contribution < 1.29 is 152 Å². The zero-order valence-corrected chi connectivity index (χ0v) is 54.5. The molecule has 6 heterocycles. The first-order chi connectivity index (χ1) is 43.4. The van der Waals surface area contributed by atoms with Gasteiger partial charge in [-0.15, -0.1) is 6.58 Å². The Bertz CT molecular complexity index is 2970. The van der Waals surface area contributed by atoms with Crippen LogP contribution in [-0.4, -0.2) is 275 Å². The summed E-state index contributed by atoms with van der Waals surface area (Å²) in [4.78, 5) is 28.9. The van der Waals surface area contributed by atoms with Gasteiger partial charge < -0.3 is 108 Å². The second-order valence-corrected chi connectivity index (χ2v) is 30.3. The van der Waals surface area contributed by atoms with Gasteiger partial charge in [-0.1, -0.05) is 44.9 Å². The summed E-state index contributed by atoms with van der Waals surface area (Å²) in [6, 6.07) is 0. The molecular weight excluding hydrogens is 1280 g/mol. The highest BCUT2D eigenvalue weighted by molar-refractivity contribution is 7.81. The monoisotopic (exact) mass is 1380 g/mol. The molecule has 6 aliphatic heterocycles. The summed E-state index contributed by atoms with van der Waals surface area (Å²) >= 11 is 0. The van der Waals surface area contributed by atoms with E-state index < -0.39 is 228 Å². The van der Waals surface area contributed by atoms with Gasteiger partial charge in [-0.3, -0.25) is 18.7 Å². The molecule has 0 radical (unpaired) electrons. The quantitative estimate of drug-likeness (QED) is 0.0333. The number of Topliss-reactive ketones (excluding diaryl/α,β-unsaturated/α-hetero) is 1. The lowest BCUT2D eigenvalue weighted by Gasteiger charge is -2.63. The Hall–Kier alpha value is -2.48. The minimum Gasteiger partial charge on any atom is -0.458 e. The molecule has 6 saturated heterocycles. The summed E-state index contributed by atoms with van der Waals surface area (Å²) in [6.07, 6.45) is -37.5. The first kappa shape index (κ1) is 73.2. The zero-order chi connectivity index (χ0) is 68.2. The minimum absolute atomic E-state index is 0.0191. The fourth-order valence-electron chi connectivity index (χ4n) is 17.4. The van der Waals surface area contributed by atoms with Crippen molar-refractivity contribution in [3.8, 4) is 0 Å². The number of ether oxygens (including phenoxy) is 12. The summed E-state index contributed by atoms with van der Waals surface area (Å²) in [5, 5.41) is 112. The Kier molecular flexibility index (Phi) is 21.4. The van der Waals surface area contributed by atoms with Crippen molar-refractivity contribution in [1.82, 2.24) is 0 Å². The number of esters is 1. The van der Waals surface area contributed by atoms with Crippen LogP contribution < -0.4 is 0 Å². The van der Waals surface area contributed by atoms with E-state index in [-0.39, 0.29) is 30.0 Å². The third-order valence-electron chi connectivity index (χ3n) is 22.0. The molecule has 32 nitrogen and oxygen atoms in total. The van der Waals surface area contributed by atoms with E-state index in [9.17, 15) is 86.6 Å². The molecule has 9 fully saturated rings. The Morgan fingerprint density at radius 1 is 0.677 bits per heavy atom. The number of cyclic esters (lactones) is 1. The Labute approximate surface area is 538 Å². The van der Waals surface area contributed by atoms with Crippen LogP contribution in [0, 0.1) is 39.4 Å². The number of allylic oxidation sites excluding steroid dienone is 3. The molecule has 10 rings (SSSR count).